The molecule has 2 N–H and O–H groups in total. The molecular formula is C22H27F6N5O5. The van der Waals surface area contributed by atoms with Gasteiger partial charge in [-0.25, -0.2) is 14.6 Å². The molecule has 2 fully saturated rings. The molecule has 0 bridgehead atoms. The number of rotatable bonds is 5. The number of halogens is 6. The zero-order valence-electron chi connectivity index (χ0n) is 20.4. The first-order valence-corrected chi connectivity index (χ1v) is 11.2. The highest BCUT2D eigenvalue weighted by Crippen LogP contribution is 2.34. The lowest BCUT2D eigenvalue weighted by Gasteiger charge is -2.25. The molecule has 0 unspecified atom stereocenters. The number of carboxylic acid groups (broad SMARTS) is 2. The molecule has 0 radical (unpaired) electrons. The van der Waals surface area contributed by atoms with Crippen LogP contribution in [0.2, 0.25) is 0 Å². The fraction of sp³-hybridized carbons (Fsp3) is 0.545. The number of hydrogen-bond acceptors (Lipinski definition) is 7. The zero-order chi connectivity index (χ0) is 28.7. The lowest BCUT2D eigenvalue weighted by atomic mass is 10.1. The summed E-state index contributed by atoms with van der Waals surface area (Å²) in [5, 5.41) is 18.5. The number of aryl methyl sites for hydroxylation is 1. The minimum atomic E-state index is -5.08. The molecule has 2 saturated heterocycles. The van der Waals surface area contributed by atoms with E-state index in [9.17, 15) is 26.3 Å². The lowest BCUT2D eigenvalue weighted by Crippen LogP contribution is -2.36. The second-order valence-electron chi connectivity index (χ2n) is 8.45. The quantitative estimate of drug-likeness (QED) is 0.537. The van der Waals surface area contributed by atoms with Crippen molar-refractivity contribution in [2.45, 2.75) is 50.4 Å². The highest BCUT2D eigenvalue weighted by Gasteiger charge is 2.42. The van der Waals surface area contributed by atoms with Gasteiger partial charge in [0.25, 0.3) is 0 Å². The summed E-state index contributed by atoms with van der Waals surface area (Å²) in [6.45, 7) is 4.26. The van der Waals surface area contributed by atoms with Crippen molar-refractivity contribution in [3.05, 3.63) is 41.9 Å². The molecule has 2 aliphatic heterocycles. The van der Waals surface area contributed by atoms with E-state index in [0.29, 0.717) is 12.1 Å². The summed E-state index contributed by atoms with van der Waals surface area (Å²) in [6, 6.07) is 5.43. The van der Waals surface area contributed by atoms with Gasteiger partial charge in [-0.15, -0.1) is 0 Å². The number of aliphatic carboxylic acids is 2. The van der Waals surface area contributed by atoms with Gasteiger partial charge in [-0.2, -0.15) is 31.4 Å². The van der Waals surface area contributed by atoms with Gasteiger partial charge in [-0.05, 0) is 18.9 Å². The fourth-order valence-electron chi connectivity index (χ4n) is 4.29. The lowest BCUT2D eigenvalue weighted by molar-refractivity contribution is -0.193. The van der Waals surface area contributed by atoms with Crippen LogP contribution < -0.4 is 4.74 Å². The summed E-state index contributed by atoms with van der Waals surface area (Å²) in [4.78, 5) is 27.4. The van der Waals surface area contributed by atoms with Gasteiger partial charge in [0.15, 0.2) is 0 Å². The number of ether oxygens (including phenoxy) is 1. The van der Waals surface area contributed by atoms with Gasteiger partial charge in [0, 0.05) is 68.8 Å². The number of nitrogens with zero attached hydrogens (tertiary/aromatic N) is 5. The topological polar surface area (TPSA) is 121 Å². The van der Waals surface area contributed by atoms with Crippen LogP contribution in [-0.2, 0) is 29.7 Å². The van der Waals surface area contributed by atoms with E-state index in [2.05, 4.69) is 32.1 Å². The largest absolute Gasteiger partial charge is 0.490 e. The molecule has 2 aromatic heterocycles. The van der Waals surface area contributed by atoms with Crippen LogP contribution in [0, 0.1) is 0 Å². The second-order valence-corrected chi connectivity index (χ2v) is 8.45. The van der Waals surface area contributed by atoms with Crippen LogP contribution in [0.1, 0.15) is 24.0 Å². The number of alkyl halides is 6. The van der Waals surface area contributed by atoms with Crippen molar-refractivity contribution in [2.24, 2.45) is 7.05 Å². The summed E-state index contributed by atoms with van der Waals surface area (Å²) >= 11 is 0. The van der Waals surface area contributed by atoms with E-state index in [-0.39, 0.29) is 0 Å². The van der Waals surface area contributed by atoms with E-state index in [1.807, 2.05) is 24.0 Å². The fourth-order valence-corrected chi connectivity index (χ4v) is 4.29. The molecule has 0 amide bonds. The van der Waals surface area contributed by atoms with E-state index in [0.717, 1.165) is 25.5 Å². The zero-order valence-corrected chi connectivity index (χ0v) is 20.4. The predicted octanol–water partition coefficient (Wildman–Crippen LogP) is 2.94. The summed E-state index contributed by atoms with van der Waals surface area (Å²) in [5.41, 5.74) is 2.50. The Hall–Kier alpha value is -3.40. The number of fused-ring (bicyclic) bond motifs is 1. The van der Waals surface area contributed by atoms with Gasteiger partial charge in [-0.3, -0.25) is 14.5 Å². The van der Waals surface area contributed by atoms with Crippen molar-refractivity contribution in [2.75, 3.05) is 20.2 Å². The first-order valence-electron chi connectivity index (χ1n) is 11.2. The first-order chi connectivity index (χ1) is 17.6. The molecular weight excluding hydrogens is 528 g/mol. The van der Waals surface area contributed by atoms with Crippen LogP contribution in [0.3, 0.4) is 0 Å². The van der Waals surface area contributed by atoms with Gasteiger partial charge in [0.1, 0.15) is 0 Å². The van der Waals surface area contributed by atoms with Gasteiger partial charge < -0.3 is 14.9 Å². The van der Waals surface area contributed by atoms with E-state index in [4.69, 9.17) is 24.5 Å². The monoisotopic (exact) mass is 555 g/mol. The third-order valence-electron chi connectivity index (χ3n) is 5.85. The molecule has 2 aromatic rings. The average molecular weight is 555 g/mol. The molecule has 0 aliphatic carbocycles. The SMILES string of the molecule is COc1ncccc1CN1CC[C@H]2[C@H]1CCN2Cc1cnn(C)c1.O=C(O)C(F)(F)F.O=C(O)C(F)(F)F. The Kier molecular flexibility index (Phi) is 10.5. The van der Waals surface area contributed by atoms with Crippen LogP contribution in [0.25, 0.3) is 0 Å². The van der Waals surface area contributed by atoms with Gasteiger partial charge in [0.05, 0.1) is 13.3 Å². The Morgan fingerprint density at radius 3 is 1.92 bits per heavy atom. The number of pyridine rings is 1. The van der Waals surface area contributed by atoms with E-state index >= 15 is 0 Å². The number of hydrogen-bond donors (Lipinski definition) is 2. The minimum absolute atomic E-state index is 0.645. The van der Waals surface area contributed by atoms with E-state index in [1.54, 1.807) is 13.3 Å². The average Bonchev–Trinajstić information content (AvgIpc) is 3.52. The second kappa shape index (κ2) is 12.9. The van der Waals surface area contributed by atoms with Crippen LogP contribution in [0.4, 0.5) is 26.3 Å². The van der Waals surface area contributed by atoms with Crippen molar-refractivity contribution >= 4 is 11.9 Å². The number of methoxy groups -OCH3 is 1. The summed E-state index contributed by atoms with van der Waals surface area (Å²) in [7, 11) is 3.68. The summed E-state index contributed by atoms with van der Waals surface area (Å²) in [5.74, 6) is -4.76. The number of carboxylic acids is 2. The molecule has 38 heavy (non-hydrogen) atoms. The van der Waals surface area contributed by atoms with Crippen LogP contribution in [0.5, 0.6) is 5.88 Å². The normalized spacial score (nSPS) is 19.6. The molecule has 2 aliphatic rings. The third-order valence-corrected chi connectivity index (χ3v) is 5.85. The molecule has 0 spiro atoms. The molecule has 16 heteroatoms. The molecule has 4 heterocycles. The Bertz CT molecular complexity index is 1050. The molecule has 0 aromatic carbocycles. The van der Waals surface area contributed by atoms with Crippen molar-refractivity contribution in [3.8, 4) is 5.88 Å². The molecule has 2 atom stereocenters. The molecule has 0 saturated carbocycles. The van der Waals surface area contributed by atoms with Crippen molar-refractivity contribution in [3.63, 3.8) is 0 Å². The maximum atomic E-state index is 10.6. The maximum Gasteiger partial charge on any atom is 0.490 e. The minimum Gasteiger partial charge on any atom is -0.481 e. The van der Waals surface area contributed by atoms with Gasteiger partial charge >= 0.3 is 24.3 Å². The van der Waals surface area contributed by atoms with Crippen molar-refractivity contribution in [1.82, 2.24) is 24.6 Å². The number of carbonyl (C=O) groups is 2. The first kappa shape index (κ1) is 30.8. The predicted molar refractivity (Wildman–Crippen MR) is 119 cm³/mol. The van der Waals surface area contributed by atoms with Crippen molar-refractivity contribution in [1.29, 1.82) is 0 Å². The highest BCUT2D eigenvalue weighted by atomic mass is 19.4. The standard InChI is InChI=1S/C18H25N5O.2C2HF3O2/c1-21-11-14(10-20-21)12-22-8-5-17-16(22)6-9-23(17)13-15-4-3-7-19-18(15)24-2;2*3-2(4,5)1(6)7/h3-4,7,10-11,16-17H,5-6,8-9,12-13H2,1-2H3;2*(H,6,7)/t16-,17+;;/m0../s1. The van der Waals surface area contributed by atoms with Crippen molar-refractivity contribution < 1.29 is 50.9 Å². The highest BCUT2D eigenvalue weighted by molar-refractivity contribution is 5.73. The van der Waals surface area contributed by atoms with Gasteiger partial charge in [-0.1, -0.05) is 6.07 Å². The summed E-state index contributed by atoms with van der Waals surface area (Å²) in [6.07, 6.45) is -1.78. The van der Waals surface area contributed by atoms with E-state index in [1.165, 1.54) is 30.5 Å². The number of likely N-dealkylation sites (tertiary alicyclic amines) is 2. The molecule has 10 nitrogen and oxygen atoms in total. The Labute approximate surface area is 213 Å². The molecule has 212 valence electrons. The maximum absolute atomic E-state index is 10.6. The Morgan fingerprint density at radius 1 is 1.00 bits per heavy atom. The summed E-state index contributed by atoms with van der Waals surface area (Å²) < 4.78 is 70.8. The van der Waals surface area contributed by atoms with Gasteiger partial charge in [0.2, 0.25) is 5.88 Å². The smallest absolute Gasteiger partial charge is 0.481 e. The van der Waals surface area contributed by atoms with Crippen LogP contribution >= 0.6 is 0 Å². The van der Waals surface area contributed by atoms with Crippen LogP contribution in [-0.4, -0.2) is 91.4 Å². The Morgan fingerprint density at radius 2 is 1.50 bits per heavy atom. The third kappa shape index (κ3) is 8.86. The molecule has 4 rings (SSSR count). The number of aromatic nitrogens is 3. The van der Waals surface area contributed by atoms with E-state index < -0.39 is 24.3 Å². The Balaban J connectivity index is 0.000000301. The van der Waals surface area contributed by atoms with Crippen LogP contribution in [0.15, 0.2) is 30.7 Å².